The van der Waals surface area contributed by atoms with Crippen LogP contribution in [0.5, 0.6) is 5.75 Å². The maximum atomic E-state index is 13.5. The Balaban J connectivity index is 1.52. The molecular formula is C24H30N6O2. The van der Waals surface area contributed by atoms with Crippen molar-refractivity contribution in [2.24, 2.45) is 18.7 Å². The van der Waals surface area contributed by atoms with Crippen LogP contribution in [0.15, 0.2) is 30.8 Å². The van der Waals surface area contributed by atoms with Gasteiger partial charge in [0.05, 0.1) is 28.8 Å². The number of amides is 1. The number of aromatic nitrogens is 3. The molecule has 1 amide bonds. The zero-order valence-electron chi connectivity index (χ0n) is 18.9. The maximum absolute atomic E-state index is 13.5. The lowest BCUT2D eigenvalue weighted by Crippen LogP contribution is -2.41. The van der Waals surface area contributed by atoms with Crippen molar-refractivity contribution >= 4 is 28.3 Å². The van der Waals surface area contributed by atoms with Crippen molar-refractivity contribution < 1.29 is 9.53 Å². The summed E-state index contributed by atoms with van der Waals surface area (Å²) < 4.78 is 7.81. The van der Waals surface area contributed by atoms with Crippen LogP contribution in [-0.4, -0.2) is 45.3 Å². The van der Waals surface area contributed by atoms with Crippen molar-refractivity contribution in [1.29, 1.82) is 0 Å². The fraction of sp³-hybridized carbons (Fsp3) is 0.375. The van der Waals surface area contributed by atoms with Gasteiger partial charge in [-0.05, 0) is 44.9 Å². The molecule has 3 heterocycles. The number of anilines is 1. The smallest absolute Gasteiger partial charge is 0.254 e. The zero-order chi connectivity index (χ0) is 23.0. The SMILES string of the molecule is C=C(N)c1c(N)cccc1OC[C@H]1CCCN(C(=O)c2cc(C)nc3c2c(C)nn3C)C1. The number of nitrogens with two attached hydrogens (primary N) is 2. The van der Waals surface area contributed by atoms with E-state index in [9.17, 15) is 4.79 Å². The van der Waals surface area contributed by atoms with E-state index >= 15 is 0 Å². The van der Waals surface area contributed by atoms with Gasteiger partial charge in [-0.3, -0.25) is 9.48 Å². The number of aryl methyl sites for hydroxylation is 3. The third-order valence-electron chi connectivity index (χ3n) is 5.99. The van der Waals surface area contributed by atoms with Crippen molar-refractivity contribution in [3.8, 4) is 5.75 Å². The molecular weight excluding hydrogens is 404 g/mol. The first-order valence-electron chi connectivity index (χ1n) is 10.8. The summed E-state index contributed by atoms with van der Waals surface area (Å²) in [6, 6.07) is 7.32. The molecule has 0 aliphatic carbocycles. The van der Waals surface area contributed by atoms with E-state index in [2.05, 4.69) is 16.7 Å². The van der Waals surface area contributed by atoms with Crippen molar-refractivity contribution in [3.63, 3.8) is 0 Å². The maximum Gasteiger partial charge on any atom is 0.254 e. The standard InChI is InChI=1S/C24H30N6O2/c1-14-11-18(22-16(3)28-29(4)23(22)27-14)24(31)30-10-6-7-17(12-30)13-32-20-9-5-8-19(26)21(20)15(2)25/h5,8-9,11,17H,2,6-7,10,12-13,25-26H2,1,3-4H3/t17-/m0/s1. The molecule has 4 N–H and O–H groups in total. The molecule has 1 aliphatic heterocycles. The molecule has 1 saturated heterocycles. The normalized spacial score (nSPS) is 16.3. The van der Waals surface area contributed by atoms with Gasteiger partial charge >= 0.3 is 0 Å². The molecule has 8 nitrogen and oxygen atoms in total. The van der Waals surface area contributed by atoms with Gasteiger partial charge in [0.15, 0.2) is 5.65 Å². The summed E-state index contributed by atoms with van der Waals surface area (Å²) in [6.45, 7) is 9.45. The molecule has 168 valence electrons. The first kappa shape index (κ1) is 21.7. The van der Waals surface area contributed by atoms with E-state index in [-0.39, 0.29) is 11.8 Å². The van der Waals surface area contributed by atoms with E-state index in [0.29, 0.717) is 41.4 Å². The zero-order valence-corrected chi connectivity index (χ0v) is 18.9. The van der Waals surface area contributed by atoms with Gasteiger partial charge in [-0.15, -0.1) is 0 Å². The lowest BCUT2D eigenvalue weighted by molar-refractivity contribution is 0.0635. The summed E-state index contributed by atoms with van der Waals surface area (Å²) in [4.78, 5) is 20.0. The minimum atomic E-state index is 0.0151. The molecule has 1 atom stereocenters. The van der Waals surface area contributed by atoms with Crippen LogP contribution in [0.25, 0.3) is 16.7 Å². The van der Waals surface area contributed by atoms with E-state index in [1.807, 2.05) is 44.0 Å². The fourth-order valence-corrected chi connectivity index (χ4v) is 4.51. The predicted octanol–water partition coefficient (Wildman–Crippen LogP) is 3.03. The van der Waals surface area contributed by atoms with Crippen molar-refractivity contribution in [2.45, 2.75) is 26.7 Å². The highest BCUT2D eigenvalue weighted by molar-refractivity contribution is 6.06. The third-order valence-corrected chi connectivity index (χ3v) is 5.99. The summed E-state index contributed by atoms with van der Waals surface area (Å²) in [5, 5.41) is 5.29. The molecule has 0 radical (unpaired) electrons. The van der Waals surface area contributed by atoms with Gasteiger partial charge in [0.25, 0.3) is 5.91 Å². The lowest BCUT2D eigenvalue weighted by Gasteiger charge is -2.33. The van der Waals surface area contributed by atoms with Crippen LogP contribution in [0.4, 0.5) is 5.69 Å². The van der Waals surface area contributed by atoms with Crippen molar-refractivity contribution in [3.05, 3.63) is 53.4 Å². The van der Waals surface area contributed by atoms with Gasteiger partial charge in [-0.2, -0.15) is 5.10 Å². The number of carbonyl (C=O) groups excluding carboxylic acids is 1. The second-order valence-electron chi connectivity index (χ2n) is 8.53. The second-order valence-corrected chi connectivity index (χ2v) is 8.53. The third kappa shape index (κ3) is 4.00. The highest BCUT2D eigenvalue weighted by Gasteiger charge is 2.28. The summed E-state index contributed by atoms with van der Waals surface area (Å²) in [6.07, 6.45) is 1.91. The summed E-state index contributed by atoms with van der Waals surface area (Å²) in [7, 11) is 1.85. The molecule has 3 aromatic rings. The van der Waals surface area contributed by atoms with Crippen LogP contribution >= 0.6 is 0 Å². The number of ether oxygens (including phenoxy) is 1. The number of benzene rings is 1. The Labute approximate surface area is 187 Å². The number of nitrogens with zero attached hydrogens (tertiary/aromatic N) is 4. The van der Waals surface area contributed by atoms with Crippen LogP contribution in [0.1, 0.15) is 40.2 Å². The first-order valence-corrected chi connectivity index (χ1v) is 10.8. The van der Waals surface area contributed by atoms with E-state index in [1.165, 1.54) is 0 Å². The number of piperidine rings is 1. The Morgan fingerprint density at radius 2 is 2.12 bits per heavy atom. The largest absolute Gasteiger partial charge is 0.492 e. The average Bonchev–Trinajstić information content (AvgIpc) is 3.04. The summed E-state index contributed by atoms with van der Waals surface area (Å²) in [5.74, 6) is 0.848. The Morgan fingerprint density at radius 3 is 2.88 bits per heavy atom. The number of likely N-dealkylation sites (tertiary alicyclic amines) is 1. The van der Waals surface area contributed by atoms with E-state index in [4.69, 9.17) is 16.2 Å². The summed E-state index contributed by atoms with van der Waals surface area (Å²) >= 11 is 0. The Hall–Kier alpha value is -3.55. The molecule has 0 bridgehead atoms. The Morgan fingerprint density at radius 1 is 1.34 bits per heavy atom. The van der Waals surface area contributed by atoms with Gasteiger partial charge in [-0.25, -0.2) is 4.98 Å². The number of pyridine rings is 1. The van der Waals surface area contributed by atoms with Crippen LogP contribution in [0, 0.1) is 19.8 Å². The second kappa shape index (κ2) is 8.53. The van der Waals surface area contributed by atoms with Gasteiger partial charge in [0.1, 0.15) is 5.75 Å². The first-order chi connectivity index (χ1) is 15.3. The fourth-order valence-electron chi connectivity index (χ4n) is 4.51. The van der Waals surface area contributed by atoms with Crippen LogP contribution in [0.2, 0.25) is 0 Å². The van der Waals surface area contributed by atoms with Crippen LogP contribution in [-0.2, 0) is 7.05 Å². The van der Waals surface area contributed by atoms with E-state index < -0.39 is 0 Å². The highest BCUT2D eigenvalue weighted by Crippen LogP contribution is 2.30. The highest BCUT2D eigenvalue weighted by atomic mass is 16.5. The predicted molar refractivity (Wildman–Crippen MR) is 126 cm³/mol. The van der Waals surface area contributed by atoms with Gasteiger partial charge < -0.3 is 21.1 Å². The number of carbonyl (C=O) groups is 1. The molecule has 0 unspecified atom stereocenters. The average molecular weight is 435 g/mol. The topological polar surface area (TPSA) is 112 Å². The van der Waals surface area contributed by atoms with E-state index in [0.717, 1.165) is 41.8 Å². The summed E-state index contributed by atoms with van der Waals surface area (Å²) in [5.41, 5.74) is 16.5. The molecule has 1 aromatic carbocycles. The quantitative estimate of drug-likeness (QED) is 0.597. The minimum absolute atomic E-state index is 0.0151. The molecule has 0 spiro atoms. The molecule has 1 fully saturated rings. The van der Waals surface area contributed by atoms with Crippen LogP contribution < -0.4 is 16.2 Å². The molecule has 4 rings (SSSR count). The van der Waals surface area contributed by atoms with Gasteiger partial charge in [0.2, 0.25) is 0 Å². The van der Waals surface area contributed by atoms with Crippen molar-refractivity contribution in [1.82, 2.24) is 19.7 Å². The molecule has 8 heteroatoms. The van der Waals surface area contributed by atoms with Gasteiger partial charge in [0, 0.05) is 43.1 Å². The lowest BCUT2D eigenvalue weighted by atomic mass is 9.97. The monoisotopic (exact) mass is 434 g/mol. The number of hydrogen-bond donors (Lipinski definition) is 2. The molecule has 1 aliphatic rings. The van der Waals surface area contributed by atoms with Crippen LogP contribution in [0.3, 0.4) is 0 Å². The number of hydrogen-bond acceptors (Lipinski definition) is 6. The number of fused-ring (bicyclic) bond motifs is 1. The minimum Gasteiger partial charge on any atom is -0.492 e. The number of nitrogen functional groups attached to an aromatic ring is 1. The molecule has 2 aromatic heterocycles. The van der Waals surface area contributed by atoms with Crippen molar-refractivity contribution in [2.75, 3.05) is 25.4 Å². The molecule has 0 saturated carbocycles. The molecule has 32 heavy (non-hydrogen) atoms. The Bertz CT molecular complexity index is 1200. The van der Waals surface area contributed by atoms with E-state index in [1.54, 1.807) is 10.7 Å². The van der Waals surface area contributed by atoms with Gasteiger partial charge in [-0.1, -0.05) is 12.6 Å². The number of rotatable bonds is 5. The Kier molecular flexibility index (Phi) is 5.78.